The molecule has 2 aromatic rings. The van der Waals surface area contributed by atoms with Crippen molar-refractivity contribution >= 4 is 11.5 Å². The van der Waals surface area contributed by atoms with Crippen LogP contribution in [-0.2, 0) is 7.05 Å². The summed E-state index contributed by atoms with van der Waals surface area (Å²) in [7, 11) is 3.26. The highest BCUT2D eigenvalue weighted by atomic mass is 16.5. The Morgan fingerprint density at radius 1 is 1.41 bits per heavy atom. The maximum absolute atomic E-state index is 12.2. The number of aryl methyl sites for hydroxylation is 1. The average molecular weight is 231 g/mol. The summed E-state index contributed by atoms with van der Waals surface area (Å²) in [6.07, 6.45) is 1.57. The standard InChI is InChI=1S/C12H13N3O2/c1-15-11(5-6-14-15)12(16)9-7-8(17-2)3-4-10(9)13/h3-7H,13H2,1-2H3. The van der Waals surface area contributed by atoms with Crippen molar-refractivity contribution in [2.75, 3.05) is 12.8 Å². The Balaban J connectivity index is 2.47. The number of nitrogens with two attached hydrogens (primary N) is 1. The SMILES string of the molecule is COc1ccc(N)c(C(=O)c2ccnn2C)c1. The third-order valence-corrected chi connectivity index (χ3v) is 2.56. The molecule has 0 bridgehead atoms. The average Bonchev–Trinajstić information content (AvgIpc) is 2.75. The molecule has 0 aliphatic heterocycles. The van der Waals surface area contributed by atoms with Crippen LogP contribution in [0.4, 0.5) is 5.69 Å². The van der Waals surface area contributed by atoms with Crippen molar-refractivity contribution in [3.8, 4) is 5.75 Å². The minimum absolute atomic E-state index is 0.165. The first-order valence-electron chi connectivity index (χ1n) is 5.09. The summed E-state index contributed by atoms with van der Waals surface area (Å²) in [5.41, 5.74) is 7.14. The van der Waals surface area contributed by atoms with Crippen molar-refractivity contribution in [2.24, 2.45) is 7.05 Å². The van der Waals surface area contributed by atoms with E-state index in [0.717, 1.165) is 0 Å². The number of ether oxygens (including phenoxy) is 1. The Kier molecular flexibility index (Phi) is 2.82. The van der Waals surface area contributed by atoms with E-state index in [1.165, 1.54) is 4.68 Å². The maximum Gasteiger partial charge on any atom is 0.213 e. The van der Waals surface area contributed by atoms with E-state index in [-0.39, 0.29) is 5.78 Å². The van der Waals surface area contributed by atoms with Gasteiger partial charge < -0.3 is 10.5 Å². The Morgan fingerprint density at radius 3 is 2.76 bits per heavy atom. The Morgan fingerprint density at radius 2 is 2.18 bits per heavy atom. The number of anilines is 1. The Bertz CT molecular complexity index is 561. The van der Waals surface area contributed by atoms with Crippen LogP contribution < -0.4 is 10.5 Å². The van der Waals surface area contributed by atoms with Gasteiger partial charge in [-0.1, -0.05) is 0 Å². The van der Waals surface area contributed by atoms with E-state index in [9.17, 15) is 4.79 Å². The zero-order valence-electron chi connectivity index (χ0n) is 9.68. The van der Waals surface area contributed by atoms with Crippen molar-refractivity contribution < 1.29 is 9.53 Å². The van der Waals surface area contributed by atoms with Crippen LogP contribution in [0.5, 0.6) is 5.75 Å². The number of hydrogen-bond acceptors (Lipinski definition) is 4. The molecule has 17 heavy (non-hydrogen) atoms. The zero-order valence-corrected chi connectivity index (χ0v) is 9.68. The number of nitrogens with zero attached hydrogens (tertiary/aromatic N) is 2. The number of benzene rings is 1. The lowest BCUT2D eigenvalue weighted by molar-refractivity contribution is 0.103. The van der Waals surface area contributed by atoms with Crippen molar-refractivity contribution in [3.63, 3.8) is 0 Å². The molecule has 1 heterocycles. The molecule has 0 spiro atoms. The molecule has 5 nitrogen and oxygen atoms in total. The molecule has 0 aliphatic rings. The molecular formula is C12H13N3O2. The number of nitrogen functional groups attached to an aromatic ring is 1. The summed E-state index contributed by atoms with van der Waals surface area (Å²) in [6, 6.07) is 6.66. The second-order valence-corrected chi connectivity index (χ2v) is 3.62. The first-order valence-corrected chi connectivity index (χ1v) is 5.09. The van der Waals surface area contributed by atoms with Gasteiger partial charge in [0.2, 0.25) is 5.78 Å². The van der Waals surface area contributed by atoms with E-state index in [0.29, 0.717) is 22.7 Å². The number of aromatic nitrogens is 2. The lowest BCUT2D eigenvalue weighted by Crippen LogP contribution is -2.10. The van der Waals surface area contributed by atoms with Crippen LogP contribution in [0.25, 0.3) is 0 Å². The third-order valence-electron chi connectivity index (χ3n) is 2.56. The van der Waals surface area contributed by atoms with Crippen LogP contribution in [0, 0.1) is 0 Å². The Hall–Kier alpha value is -2.30. The lowest BCUT2D eigenvalue weighted by atomic mass is 10.1. The van der Waals surface area contributed by atoms with Gasteiger partial charge in [0.05, 0.1) is 12.7 Å². The van der Waals surface area contributed by atoms with E-state index in [2.05, 4.69) is 5.10 Å². The van der Waals surface area contributed by atoms with E-state index >= 15 is 0 Å². The fraction of sp³-hybridized carbons (Fsp3) is 0.167. The molecule has 0 saturated carbocycles. The summed E-state index contributed by atoms with van der Waals surface area (Å²) in [5, 5.41) is 3.96. The van der Waals surface area contributed by atoms with Crippen LogP contribution in [0.2, 0.25) is 0 Å². The molecule has 0 radical (unpaired) electrons. The van der Waals surface area contributed by atoms with Gasteiger partial charge in [-0.15, -0.1) is 0 Å². The maximum atomic E-state index is 12.2. The zero-order chi connectivity index (χ0) is 12.4. The van der Waals surface area contributed by atoms with Gasteiger partial charge in [0.25, 0.3) is 0 Å². The molecule has 0 aliphatic carbocycles. The predicted octanol–water partition coefficient (Wildman–Crippen LogP) is 1.24. The van der Waals surface area contributed by atoms with Gasteiger partial charge in [-0.05, 0) is 24.3 Å². The molecule has 1 aromatic heterocycles. The largest absolute Gasteiger partial charge is 0.497 e. The number of carbonyl (C=O) groups excluding carboxylic acids is 1. The highest BCUT2D eigenvalue weighted by Gasteiger charge is 2.16. The van der Waals surface area contributed by atoms with E-state index < -0.39 is 0 Å². The fourth-order valence-corrected chi connectivity index (χ4v) is 1.59. The predicted molar refractivity (Wildman–Crippen MR) is 64.0 cm³/mol. The van der Waals surface area contributed by atoms with E-state index in [1.54, 1.807) is 44.6 Å². The van der Waals surface area contributed by atoms with Gasteiger partial charge in [0.1, 0.15) is 11.4 Å². The minimum Gasteiger partial charge on any atom is -0.497 e. The summed E-state index contributed by atoms with van der Waals surface area (Å²) < 4.78 is 6.59. The molecule has 0 unspecified atom stereocenters. The van der Waals surface area contributed by atoms with Gasteiger partial charge in [-0.25, -0.2) is 0 Å². The quantitative estimate of drug-likeness (QED) is 0.637. The lowest BCUT2D eigenvalue weighted by Gasteiger charge is -2.07. The van der Waals surface area contributed by atoms with E-state index in [4.69, 9.17) is 10.5 Å². The van der Waals surface area contributed by atoms with Gasteiger partial charge in [-0.3, -0.25) is 9.48 Å². The third kappa shape index (κ3) is 1.99. The second-order valence-electron chi connectivity index (χ2n) is 3.62. The molecule has 1 aromatic carbocycles. The molecule has 0 atom stereocenters. The van der Waals surface area contributed by atoms with Crippen LogP contribution in [-0.4, -0.2) is 22.7 Å². The molecule has 0 fully saturated rings. The van der Waals surface area contributed by atoms with Gasteiger partial charge in [-0.2, -0.15) is 5.10 Å². The van der Waals surface area contributed by atoms with Crippen LogP contribution in [0.3, 0.4) is 0 Å². The number of hydrogen-bond donors (Lipinski definition) is 1. The van der Waals surface area contributed by atoms with Gasteiger partial charge >= 0.3 is 0 Å². The number of carbonyl (C=O) groups is 1. The number of ketones is 1. The number of methoxy groups -OCH3 is 1. The van der Waals surface area contributed by atoms with Crippen molar-refractivity contribution in [3.05, 3.63) is 41.7 Å². The van der Waals surface area contributed by atoms with Crippen LogP contribution in [0.1, 0.15) is 16.1 Å². The molecule has 2 rings (SSSR count). The monoisotopic (exact) mass is 231 g/mol. The number of rotatable bonds is 3. The fourth-order valence-electron chi connectivity index (χ4n) is 1.59. The second kappa shape index (κ2) is 4.29. The normalized spacial score (nSPS) is 10.2. The van der Waals surface area contributed by atoms with Crippen LogP contribution in [0.15, 0.2) is 30.5 Å². The van der Waals surface area contributed by atoms with Crippen LogP contribution >= 0.6 is 0 Å². The molecule has 5 heteroatoms. The Labute approximate surface area is 98.8 Å². The molecular weight excluding hydrogens is 218 g/mol. The smallest absolute Gasteiger partial charge is 0.213 e. The molecule has 0 amide bonds. The molecule has 2 N–H and O–H groups in total. The molecule has 88 valence electrons. The summed E-state index contributed by atoms with van der Waals surface area (Å²) in [5.74, 6) is 0.436. The molecule has 0 saturated heterocycles. The first kappa shape index (κ1) is 11.2. The van der Waals surface area contributed by atoms with Crippen molar-refractivity contribution in [2.45, 2.75) is 0 Å². The summed E-state index contributed by atoms with van der Waals surface area (Å²) >= 11 is 0. The van der Waals surface area contributed by atoms with Crippen molar-refractivity contribution in [1.29, 1.82) is 0 Å². The summed E-state index contributed by atoms with van der Waals surface area (Å²) in [6.45, 7) is 0. The van der Waals surface area contributed by atoms with Gasteiger partial charge in [0, 0.05) is 18.9 Å². The first-order chi connectivity index (χ1) is 8.13. The highest BCUT2D eigenvalue weighted by Crippen LogP contribution is 2.22. The van der Waals surface area contributed by atoms with E-state index in [1.807, 2.05) is 0 Å². The highest BCUT2D eigenvalue weighted by molar-refractivity contribution is 6.11. The van der Waals surface area contributed by atoms with Gasteiger partial charge in [0.15, 0.2) is 0 Å². The van der Waals surface area contributed by atoms with Crippen molar-refractivity contribution in [1.82, 2.24) is 9.78 Å². The summed E-state index contributed by atoms with van der Waals surface area (Å²) in [4.78, 5) is 12.2. The minimum atomic E-state index is -0.165. The topological polar surface area (TPSA) is 70.1 Å².